The lowest BCUT2D eigenvalue weighted by atomic mass is 9.80. The van der Waals surface area contributed by atoms with Gasteiger partial charge in [0.15, 0.2) is 11.6 Å². The molecule has 0 heterocycles. The Balaban J connectivity index is 1.97. The molecular weight excluding hydrogens is 318 g/mol. The van der Waals surface area contributed by atoms with Crippen molar-refractivity contribution in [2.75, 3.05) is 0 Å². The molecule has 25 heavy (non-hydrogen) atoms. The van der Waals surface area contributed by atoms with Crippen LogP contribution in [0.3, 0.4) is 0 Å². The van der Waals surface area contributed by atoms with Crippen LogP contribution in [0.15, 0.2) is 66.7 Å². The number of nitro groups is 1. The summed E-state index contributed by atoms with van der Waals surface area (Å²) in [6, 6.07) is 17.8. The van der Waals surface area contributed by atoms with Gasteiger partial charge in [0.05, 0.1) is 4.92 Å². The molecule has 0 radical (unpaired) electrons. The Bertz CT molecular complexity index is 1070. The topological polar surface area (TPSA) is 77.3 Å². The molecule has 0 saturated carbocycles. The Hall–Kier alpha value is -3.60. The van der Waals surface area contributed by atoms with Crippen molar-refractivity contribution >= 4 is 17.3 Å². The molecule has 3 aromatic rings. The average molecular weight is 329 g/mol. The highest BCUT2D eigenvalue weighted by molar-refractivity contribution is 6.30. The fraction of sp³-hybridized carbons (Fsp3) is 0. The van der Waals surface area contributed by atoms with Crippen LogP contribution >= 0.6 is 0 Å². The van der Waals surface area contributed by atoms with Crippen LogP contribution in [0.25, 0.3) is 11.1 Å². The number of carbonyl (C=O) groups is 2. The summed E-state index contributed by atoms with van der Waals surface area (Å²) in [4.78, 5) is 36.3. The van der Waals surface area contributed by atoms with E-state index in [0.29, 0.717) is 33.4 Å². The molecule has 5 nitrogen and oxygen atoms in total. The van der Waals surface area contributed by atoms with Crippen molar-refractivity contribution in [1.82, 2.24) is 0 Å². The molecule has 0 aromatic heterocycles. The zero-order valence-electron chi connectivity index (χ0n) is 12.9. The number of non-ortho nitro benzene ring substituents is 1. The molecule has 0 bridgehead atoms. The number of rotatable bonds is 2. The predicted molar refractivity (Wildman–Crippen MR) is 91.8 cm³/mol. The number of ketones is 2. The van der Waals surface area contributed by atoms with Crippen LogP contribution in [0.4, 0.5) is 5.69 Å². The summed E-state index contributed by atoms with van der Waals surface area (Å²) >= 11 is 0. The Labute approximate surface area is 142 Å². The molecular formula is C20H11NO4. The smallest absolute Gasteiger partial charge is 0.270 e. The molecule has 3 aromatic carbocycles. The molecule has 0 aliphatic heterocycles. The van der Waals surface area contributed by atoms with E-state index in [2.05, 4.69) is 0 Å². The van der Waals surface area contributed by atoms with Crippen LogP contribution in [0.5, 0.6) is 0 Å². The molecule has 0 atom stereocenters. The van der Waals surface area contributed by atoms with Crippen molar-refractivity contribution in [3.63, 3.8) is 0 Å². The fourth-order valence-electron chi connectivity index (χ4n) is 3.17. The lowest BCUT2D eigenvalue weighted by Gasteiger charge is -2.20. The molecule has 120 valence electrons. The number of nitro benzene ring substituents is 1. The first-order chi connectivity index (χ1) is 12.1. The maximum Gasteiger partial charge on any atom is 0.270 e. The maximum absolute atomic E-state index is 13.0. The summed E-state index contributed by atoms with van der Waals surface area (Å²) in [5.74, 6) is -0.454. The van der Waals surface area contributed by atoms with Crippen LogP contribution < -0.4 is 0 Å². The Morgan fingerprint density at radius 1 is 0.680 bits per heavy atom. The van der Waals surface area contributed by atoms with E-state index >= 15 is 0 Å². The second-order valence-electron chi connectivity index (χ2n) is 5.74. The largest absolute Gasteiger partial charge is 0.289 e. The van der Waals surface area contributed by atoms with Crippen LogP contribution in [0.1, 0.15) is 31.8 Å². The highest BCUT2D eigenvalue weighted by atomic mass is 16.6. The first-order valence-corrected chi connectivity index (χ1v) is 7.64. The highest BCUT2D eigenvalue weighted by Crippen LogP contribution is 2.35. The van der Waals surface area contributed by atoms with Crippen molar-refractivity contribution in [1.29, 1.82) is 0 Å². The normalized spacial score (nSPS) is 12.5. The molecule has 0 N–H and O–H groups in total. The summed E-state index contributed by atoms with van der Waals surface area (Å²) in [5, 5.41) is 11.0. The van der Waals surface area contributed by atoms with Gasteiger partial charge in [-0.2, -0.15) is 0 Å². The van der Waals surface area contributed by atoms with Gasteiger partial charge >= 0.3 is 0 Å². The number of fused-ring (bicyclic) bond motifs is 2. The summed E-state index contributed by atoms with van der Waals surface area (Å²) in [7, 11) is 0. The van der Waals surface area contributed by atoms with Gasteiger partial charge in [0.25, 0.3) is 5.69 Å². The number of carbonyl (C=O) groups excluding carboxylic acids is 2. The molecule has 0 fully saturated rings. The summed E-state index contributed by atoms with van der Waals surface area (Å²) in [5.41, 5.74) is 2.36. The summed E-state index contributed by atoms with van der Waals surface area (Å²) in [6.07, 6.45) is 0. The Morgan fingerprint density at radius 2 is 1.28 bits per heavy atom. The second-order valence-corrected chi connectivity index (χ2v) is 5.74. The zero-order chi connectivity index (χ0) is 17.6. The van der Waals surface area contributed by atoms with Crippen LogP contribution in [0.2, 0.25) is 0 Å². The fourth-order valence-corrected chi connectivity index (χ4v) is 3.17. The maximum atomic E-state index is 13.0. The number of hydrogen-bond acceptors (Lipinski definition) is 4. The lowest BCUT2D eigenvalue weighted by molar-refractivity contribution is -0.384. The van der Waals surface area contributed by atoms with Crippen molar-refractivity contribution in [2.24, 2.45) is 0 Å². The first-order valence-electron chi connectivity index (χ1n) is 7.64. The van der Waals surface area contributed by atoms with E-state index in [4.69, 9.17) is 0 Å². The van der Waals surface area contributed by atoms with Gasteiger partial charge in [-0.3, -0.25) is 19.7 Å². The average Bonchev–Trinajstić information content (AvgIpc) is 2.65. The van der Waals surface area contributed by atoms with Crippen LogP contribution in [0, 0.1) is 10.1 Å². The second kappa shape index (κ2) is 5.49. The highest BCUT2D eigenvalue weighted by Gasteiger charge is 2.31. The van der Waals surface area contributed by atoms with E-state index in [-0.39, 0.29) is 17.3 Å². The van der Waals surface area contributed by atoms with Gasteiger partial charge in [-0.1, -0.05) is 54.6 Å². The molecule has 1 aliphatic rings. The molecule has 0 spiro atoms. The number of benzene rings is 3. The van der Waals surface area contributed by atoms with E-state index in [1.807, 2.05) is 0 Å². The quantitative estimate of drug-likeness (QED) is 0.411. The molecule has 1 aliphatic carbocycles. The lowest BCUT2D eigenvalue weighted by Crippen LogP contribution is -2.21. The third-order valence-corrected chi connectivity index (χ3v) is 4.32. The van der Waals surface area contributed by atoms with Gasteiger partial charge in [0.1, 0.15) is 0 Å². The van der Waals surface area contributed by atoms with Crippen LogP contribution in [-0.2, 0) is 0 Å². The van der Waals surface area contributed by atoms with Crippen molar-refractivity contribution in [2.45, 2.75) is 0 Å². The van der Waals surface area contributed by atoms with Gasteiger partial charge in [-0.15, -0.1) is 0 Å². The zero-order valence-corrected chi connectivity index (χ0v) is 12.9. The first kappa shape index (κ1) is 15.0. The molecule has 5 heteroatoms. The van der Waals surface area contributed by atoms with Gasteiger partial charge in [-0.25, -0.2) is 0 Å². The van der Waals surface area contributed by atoms with Gasteiger partial charge in [0.2, 0.25) is 0 Å². The summed E-state index contributed by atoms with van der Waals surface area (Å²) in [6.45, 7) is 0. The minimum absolute atomic E-state index is 0.0647. The van der Waals surface area contributed by atoms with Crippen molar-refractivity contribution in [3.05, 3.63) is 99.1 Å². The van der Waals surface area contributed by atoms with E-state index in [0.717, 1.165) is 0 Å². The van der Waals surface area contributed by atoms with Crippen molar-refractivity contribution < 1.29 is 14.5 Å². The number of nitrogens with zero attached hydrogens (tertiary/aromatic N) is 1. The summed E-state index contributed by atoms with van der Waals surface area (Å²) < 4.78 is 0. The van der Waals surface area contributed by atoms with E-state index in [9.17, 15) is 19.7 Å². The van der Waals surface area contributed by atoms with Gasteiger partial charge in [0, 0.05) is 34.4 Å². The van der Waals surface area contributed by atoms with Crippen molar-refractivity contribution in [3.8, 4) is 11.1 Å². The van der Waals surface area contributed by atoms with Gasteiger partial charge < -0.3 is 0 Å². The van der Waals surface area contributed by atoms with E-state index in [1.165, 1.54) is 12.1 Å². The van der Waals surface area contributed by atoms with E-state index in [1.54, 1.807) is 54.6 Å². The third kappa shape index (κ3) is 2.25. The minimum Gasteiger partial charge on any atom is -0.289 e. The Morgan fingerprint density at radius 3 is 2.00 bits per heavy atom. The molecule has 4 rings (SSSR count). The SMILES string of the molecule is O=C1c2ccccc2C(=O)c2c1cccc2-c1cccc([N+](=O)[O-])c1. The van der Waals surface area contributed by atoms with Crippen LogP contribution in [-0.4, -0.2) is 16.5 Å². The molecule has 0 saturated heterocycles. The van der Waals surface area contributed by atoms with E-state index < -0.39 is 4.92 Å². The molecule has 0 amide bonds. The molecule has 0 unspecified atom stereocenters. The monoisotopic (exact) mass is 329 g/mol. The Kier molecular flexibility index (Phi) is 3.28. The third-order valence-electron chi connectivity index (χ3n) is 4.32. The standard InChI is InChI=1S/C20H11NO4/c22-19-15-7-1-2-8-16(15)20(23)18-14(9-4-10-17(18)19)12-5-3-6-13(11-12)21(24)25/h1-11H. The number of hydrogen-bond donors (Lipinski definition) is 0. The van der Waals surface area contributed by atoms with Gasteiger partial charge in [-0.05, 0) is 11.1 Å². The minimum atomic E-state index is -0.485. The predicted octanol–water partition coefficient (Wildman–Crippen LogP) is 4.04.